The van der Waals surface area contributed by atoms with Gasteiger partial charge in [-0.15, -0.1) is 0 Å². The molecule has 0 saturated carbocycles. The van der Waals surface area contributed by atoms with Crippen molar-refractivity contribution in [2.24, 2.45) is 0 Å². The fraction of sp³-hybridized carbons (Fsp3) is 0.300. The van der Waals surface area contributed by atoms with Gasteiger partial charge in [0.15, 0.2) is 0 Å². The summed E-state index contributed by atoms with van der Waals surface area (Å²) in [5.41, 5.74) is 2.89. The van der Waals surface area contributed by atoms with Gasteiger partial charge in [-0.25, -0.2) is 0 Å². The number of aryl methyl sites for hydroxylation is 2. The van der Waals surface area contributed by atoms with Crippen molar-refractivity contribution >= 4 is 0 Å². The van der Waals surface area contributed by atoms with E-state index in [0.29, 0.717) is 0 Å². The van der Waals surface area contributed by atoms with E-state index < -0.39 is 0 Å². The van der Waals surface area contributed by atoms with Gasteiger partial charge in [-0.2, -0.15) is 5.26 Å². The Morgan fingerprint density at radius 1 is 1.55 bits per heavy atom. The largest absolute Gasteiger partial charge is 0.192 e. The number of hydrogen-bond donors (Lipinski definition) is 0. The quantitative estimate of drug-likeness (QED) is 0.593. The molecule has 0 fully saturated rings. The lowest BCUT2D eigenvalue weighted by atomic mass is 10.1. The molecule has 1 nitrogen and oxygen atoms in total. The van der Waals surface area contributed by atoms with Gasteiger partial charge >= 0.3 is 0 Å². The molecule has 1 rings (SSSR count). The molecule has 0 aliphatic carbocycles. The Kier molecular flexibility index (Phi) is 2.28. The summed E-state index contributed by atoms with van der Waals surface area (Å²) < 4.78 is 0. The summed E-state index contributed by atoms with van der Waals surface area (Å²) in [6.45, 7) is 4.02. The van der Waals surface area contributed by atoms with Gasteiger partial charge in [0.2, 0.25) is 0 Å². The maximum absolute atomic E-state index is 8.62. The van der Waals surface area contributed by atoms with Crippen molar-refractivity contribution in [2.45, 2.75) is 20.3 Å². The minimum Gasteiger partial charge on any atom is -0.192 e. The van der Waals surface area contributed by atoms with Crippen molar-refractivity contribution in [1.82, 2.24) is 0 Å². The van der Waals surface area contributed by atoms with Gasteiger partial charge in [-0.3, -0.25) is 0 Å². The second-order valence-corrected chi connectivity index (χ2v) is 2.54. The highest BCUT2D eigenvalue weighted by Crippen LogP contribution is 2.07. The van der Waals surface area contributed by atoms with Crippen molar-refractivity contribution in [3.05, 3.63) is 34.9 Å². The molecule has 0 bridgehead atoms. The molecule has 0 unspecified atom stereocenters. The van der Waals surface area contributed by atoms with Gasteiger partial charge < -0.3 is 0 Å². The maximum Gasteiger partial charge on any atom is 0.0991 e. The van der Waals surface area contributed by atoms with E-state index in [1.807, 2.05) is 19.1 Å². The second-order valence-electron chi connectivity index (χ2n) is 2.54. The zero-order chi connectivity index (χ0) is 8.27. The van der Waals surface area contributed by atoms with E-state index in [2.05, 4.69) is 19.1 Å². The van der Waals surface area contributed by atoms with Gasteiger partial charge in [0.25, 0.3) is 0 Å². The first-order valence-corrected chi connectivity index (χ1v) is 3.69. The molecule has 0 aliphatic heterocycles. The Morgan fingerprint density at radius 2 is 2.27 bits per heavy atom. The SMILES string of the molecule is CCc1[c]c(C)cc(C#N)c1. The summed E-state index contributed by atoms with van der Waals surface area (Å²) >= 11 is 0. The predicted octanol–water partition coefficient (Wildman–Crippen LogP) is 2.23. The highest BCUT2D eigenvalue weighted by molar-refractivity contribution is 5.35. The van der Waals surface area contributed by atoms with E-state index in [4.69, 9.17) is 5.26 Å². The number of hydrogen-bond acceptors (Lipinski definition) is 1. The van der Waals surface area contributed by atoms with Crippen LogP contribution in [0.1, 0.15) is 23.6 Å². The van der Waals surface area contributed by atoms with Crippen molar-refractivity contribution in [3.8, 4) is 6.07 Å². The average molecular weight is 144 g/mol. The molecule has 55 valence electrons. The van der Waals surface area contributed by atoms with E-state index in [1.165, 1.54) is 0 Å². The third kappa shape index (κ3) is 1.81. The Bertz CT molecular complexity index is 294. The van der Waals surface area contributed by atoms with E-state index in [0.717, 1.165) is 23.1 Å². The summed E-state index contributed by atoms with van der Waals surface area (Å²) in [6, 6.07) is 9.03. The summed E-state index contributed by atoms with van der Waals surface area (Å²) in [6.07, 6.45) is 0.941. The van der Waals surface area contributed by atoms with Crippen LogP contribution < -0.4 is 0 Å². The second kappa shape index (κ2) is 3.21. The van der Waals surface area contributed by atoms with Crippen LogP contribution in [0.25, 0.3) is 0 Å². The monoisotopic (exact) mass is 144 g/mol. The van der Waals surface area contributed by atoms with Crippen molar-refractivity contribution in [3.63, 3.8) is 0 Å². The van der Waals surface area contributed by atoms with E-state index in [-0.39, 0.29) is 0 Å². The van der Waals surface area contributed by atoms with Gasteiger partial charge in [0.1, 0.15) is 0 Å². The number of benzene rings is 1. The minimum atomic E-state index is 0.734. The zero-order valence-electron chi connectivity index (χ0n) is 6.81. The first-order valence-electron chi connectivity index (χ1n) is 3.69. The number of nitriles is 1. The molecule has 1 heteroatoms. The van der Waals surface area contributed by atoms with Crippen LogP contribution in [0, 0.1) is 24.3 Å². The standard InChI is InChI=1S/C10H10N/c1-3-9-4-8(2)5-10(6-9)7-11/h5-6H,3H2,1-2H3. The molecule has 0 amide bonds. The van der Waals surface area contributed by atoms with Crippen molar-refractivity contribution in [1.29, 1.82) is 5.26 Å². The summed E-state index contributed by atoms with van der Waals surface area (Å²) in [5, 5.41) is 8.62. The topological polar surface area (TPSA) is 23.8 Å². The van der Waals surface area contributed by atoms with Crippen LogP contribution in [-0.2, 0) is 6.42 Å². The molecule has 1 radical (unpaired) electrons. The molecule has 0 saturated heterocycles. The molecule has 0 atom stereocenters. The van der Waals surface area contributed by atoms with Crippen LogP contribution in [-0.4, -0.2) is 0 Å². The van der Waals surface area contributed by atoms with Crippen LogP contribution in [0.2, 0.25) is 0 Å². The summed E-state index contributed by atoms with van der Waals surface area (Å²) in [5.74, 6) is 0. The number of nitrogens with zero attached hydrogens (tertiary/aromatic N) is 1. The van der Waals surface area contributed by atoms with Crippen LogP contribution in [0.4, 0.5) is 0 Å². The first kappa shape index (κ1) is 7.81. The molecule has 0 aliphatic rings. The van der Waals surface area contributed by atoms with Crippen LogP contribution in [0.5, 0.6) is 0 Å². The van der Waals surface area contributed by atoms with Crippen molar-refractivity contribution in [2.75, 3.05) is 0 Å². The lowest BCUT2D eigenvalue weighted by molar-refractivity contribution is 1.12. The molecule has 11 heavy (non-hydrogen) atoms. The van der Waals surface area contributed by atoms with E-state index in [1.54, 1.807) is 0 Å². The fourth-order valence-corrected chi connectivity index (χ4v) is 1.04. The Morgan fingerprint density at radius 3 is 2.82 bits per heavy atom. The maximum atomic E-state index is 8.62. The fourth-order valence-electron chi connectivity index (χ4n) is 1.04. The van der Waals surface area contributed by atoms with Crippen LogP contribution in [0.15, 0.2) is 12.1 Å². The highest BCUT2D eigenvalue weighted by Gasteiger charge is 1.95. The van der Waals surface area contributed by atoms with Crippen LogP contribution in [0.3, 0.4) is 0 Å². The Labute approximate surface area is 67.3 Å². The Balaban J connectivity index is 3.15. The molecule has 1 aromatic carbocycles. The summed E-state index contributed by atoms with van der Waals surface area (Å²) in [7, 11) is 0. The van der Waals surface area contributed by atoms with Crippen LogP contribution >= 0.6 is 0 Å². The lowest BCUT2D eigenvalue weighted by Crippen LogP contribution is -1.85. The third-order valence-electron chi connectivity index (χ3n) is 1.57. The van der Waals surface area contributed by atoms with Gasteiger partial charge in [-0.1, -0.05) is 6.92 Å². The third-order valence-corrected chi connectivity index (χ3v) is 1.57. The van der Waals surface area contributed by atoms with E-state index in [9.17, 15) is 0 Å². The minimum absolute atomic E-state index is 0.734. The molecule has 0 aromatic heterocycles. The Hall–Kier alpha value is -1.29. The predicted molar refractivity (Wildman–Crippen MR) is 44.1 cm³/mol. The summed E-state index contributed by atoms with van der Waals surface area (Å²) in [4.78, 5) is 0. The molecule has 0 spiro atoms. The number of rotatable bonds is 1. The molecular formula is C10H10N. The zero-order valence-corrected chi connectivity index (χ0v) is 6.81. The molecule has 0 heterocycles. The lowest BCUT2D eigenvalue weighted by Gasteiger charge is -1.97. The van der Waals surface area contributed by atoms with Crippen molar-refractivity contribution < 1.29 is 0 Å². The normalized spacial score (nSPS) is 9.18. The van der Waals surface area contributed by atoms with Gasteiger partial charge in [-0.05, 0) is 42.7 Å². The van der Waals surface area contributed by atoms with E-state index >= 15 is 0 Å². The molecule has 0 N–H and O–H groups in total. The average Bonchev–Trinajstić information content (AvgIpc) is 2.03. The highest BCUT2D eigenvalue weighted by atomic mass is 14.2. The molecule has 1 aromatic rings. The first-order chi connectivity index (χ1) is 5.26. The van der Waals surface area contributed by atoms with Gasteiger partial charge in [0, 0.05) is 0 Å². The molecular weight excluding hydrogens is 134 g/mol. The smallest absolute Gasteiger partial charge is 0.0991 e. The van der Waals surface area contributed by atoms with Gasteiger partial charge in [0.05, 0.1) is 11.6 Å².